The van der Waals surface area contributed by atoms with Crippen LogP contribution in [0.2, 0.25) is 5.02 Å². The Hall–Kier alpha value is -3.35. The van der Waals surface area contributed by atoms with Crippen molar-refractivity contribution in [1.82, 2.24) is 19.6 Å². The lowest BCUT2D eigenvalue weighted by molar-refractivity contribution is 0.251. The van der Waals surface area contributed by atoms with E-state index in [0.29, 0.717) is 23.8 Å². The Labute approximate surface area is 217 Å². The number of benzene rings is 2. The number of urea groups is 1. The molecule has 0 aliphatic carbocycles. The number of likely N-dealkylation sites (tertiary alicyclic amines) is 1. The maximum absolute atomic E-state index is 12.8. The Kier molecular flexibility index (Phi) is 7.25. The van der Waals surface area contributed by atoms with E-state index in [2.05, 4.69) is 59.0 Å². The maximum atomic E-state index is 12.8. The zero-order valence-electron chi connectivity index (χ0n) is 20.9. The summed E-state index contributed by atoms with van der Waals surface area (Å²) in [5, 5.41) is 6.65. The van der Waals surface area contributed by atoms with Crippen molar-refractivity contribution in [1.29, 1.82) is 0 Å². The highest BCUT2D eigenvalue weighted by atomic mass is 35.5. The lowest BCUT2D eigenvalue weighted by Crippen LogP contribution is -2.29. The maximum Gasteiger partial charge on any atom is 0.320 e. The van der Waals surface area contributed by atoms with Crippen molar-refractivity contribution in [2.75, 3.05) is 18.4 Å². The molecule has 0 bridgehead atoms. The van der Waals surface area contributed by atoms with Crippen LogP contribution in [0.5, 0.6) is 0 Å². The average Bonchev–Trinajstić information content (AvgIpc) is 3.52. The first-order valence-corrected chi connectivity index (χ1v) is 13.0. The molecule has 6 nitrogen and oxygen atoms in total. The summed E-state index contributed by atoms with van der Waals surface area (Å²) in [4.78, 5) is 20.1. The second-order valence-electron chi connectivity index (χ2n) is 9.48. The van der Waals surface area contributed by atoms with Crippen LogP contribution in [-0.2, 0) is 19.5 Å². The van der Waals surface area contributed by atoms with Crippen LogP contribution in [0.3, 0.4) is 0 Å². The summed E-state index contributed by atoms with van der Waals surface area (Å²) < 4.78 is 2.00. The number of hydrogen-bond acceptors (Lipinski definition) is 3. The molecule has 5 rings (SSSR count). The minimum Gasteiger partial charge on any atom is -0.334 e. The molecule has 0 radical (unpaired) electrons. The first-order valence-electron chi connectivity index (χ1n) is 12.6. The fourth-order valence-electron chi connectivity index (χ4n) is 4.83. The molecule has 0 spiro atoms. The summed E-state index contributed by atoms with van der Waals surface area (Å²) >= 11 is 5.96. The number of carbonyl (C=O) groups excluding carboxylic acids is 1. The minimum atomic E-state index is -0.268. The summed E-state index contributed by atoms with van der Waals surface area (Å²) in [6.07, 6.45) is 5.39. The van der Waals surface area contributed by atoms with Crippen LogP contribution in [0.1, 0.15) is 42.1 Å². The fourth-order valence-corrected chi connectivity index (χ4v) is 4.96. The van der Waals surface area contributed by atoms with E-state index in [1.165, 1.54) is 31.5 Å². The van der Waals surface area contributed by atoms with Crippen molar-refractivity contribution in [3.8, 4) is 11.1 Å². The Morgan fingerprint density at radius 1 is 1.00 bits per heavy atom. The number of pyridine rings is 1. The molecule has 1 fully saturated rings. The number of fused-ring (bicyclic) bond motifs is 1. The molecule has 0 atom stereocenters. The fraction of sp³-hybridized carbons (Fsp3) is 0.310. The van der Waals surface area contributed by atoms with Gasteiger partial charge >= 0.3 is 6.03 Å². The van der Waals surface area contributed by atoms with Crippen molar-refractivity contribution in [2.45, 2.75) is 46.2 Å². The molecule has 1 saturated heterocycles. The third kappa shape index (κ3) is 5.40. The van der Waals surface area contributed by atoms with Crippen molar-refractivity contribution >= 4 is 29.1 Å². The van der Waals surface area contributed by atoms with Crippen molar-refractivity contribution in [2.24, 2.45) is 0 Å². The van der Waals surface area contributed by atoms with Gasteiger partial charge in [-0.2, -0.15) is 0 Å². The van der Waals surface area contributed by atoms with Gasteiger partial charge in [-0.1, -0.05) is 54.9 Å². The number of halogens is 1. The van der Waals surface area contributed by atoms with Gasteiger partial charge in [-0.05, 0) is 85.3 Å². The predicted molar refractivity (Wildman–Crippen MR) is 147 cm³/mol. The molecule has 7 heteroatoms. The largest absolute Gasteiger partial charge is 0.334 e. The first kappa shape index (κ1) is 24.3. The molecule has 2 N–H and O–H groups in total. The van der Waals surface area contributed by atoms with E-state index in [4.69, 9.17) is 16.6 Å². The van der Waals surface area contributed by atoms with Crippen LogP contribution >= 0.6 is 11.6 Å². The lowest BCUT2D eigenvalue weighted by Gasteiger charge is -2.15. The normalized spacial score (nSPS) is 13.9. The van der Waals surface area contributed by atoms with E-state index in [1.807, 2.05) is 35.6 Å². The molecule has 1 aliphatic heterocycles. The minimum absolute atomic E-state index is 0.268. The van der Waals surface area contributed by atoms with Gasteiger partial charge in [0.25, 0.3) is 0 Å². The average molecular weight is 502 g/mol. The zero-order chi connectivity index (χ0) is 25.1. The van der Waals surface area contributed by atoms with Crippen molar-refractivity contribution in [3.63, 3.8) is 0 Å². The standard InChI is InChI=1S/C29H32ClN5O/c1-3-26-28(33-29(36)31-17-21-8-12-25(30)13-9-21)35-19-24(16-20(2)27(35)32-26)23-10-6-22(7-11-23)18-34-14-4-5-15-34/h6-13,16,19H,3-5,14-15,17-18H2,1-2H3,(H2,31,33,36). The van der Waals surface area contributed by atoms with E-state index >= 15 is 0 Å². The molecule has 0 unspecified atom stereocenters. The van der Waals surface area contributed by atoms with E-state index in [1.54, 1.807) is 0 Å². The monoisotopic (exact) mass is 501 g/mol. The summed E-state index contributed by atoms with van der Waals surface area (Å²) in [7, 11) is 0. The SMILES string of the molecule is CCc1nc2c(C)cc(-c3ccc(CN4CCCC4)cc3)cn2c1NC(=O)NCc1ccc(Cl)cc1. The number of aromatic nitrogens is 2. The molecule has 3 heterocycles. The highest BCUT2D eigenvalue weighted by Crippen LogP contribution is 2.28. The Morgan fingerprint density at radius 2 is 1.69 bits per heavy atom. The number of nitrogens with one attached hydrogen (secondary N) is 2. The molecule has 4 aromatic rings. The van der Waals surface area contributed by atoms with E-state index in [-0.39, 0.29) is 6.03 Å². The molecular weight excluding hydrogens is 470 g/mol. The number of hydrogen-bond donors (Lipinski definition) is 2. The summed E-state index contributed by atoms with van der Waals surface area (Å²) in [5.41, 5.74) is 7.35. The summed E-state index contributed by atoms with van der Waals surface area (Å²) in [6.45, 7) is 7.93. The Balaban J connectivity index is 1.37. The third-order valence-corrected chi connectivity index (χ3v) is 7.05. The predicted octanol–water partition coefficient (Wildman–Crippen LogP) is 6.44. The zero-order valence-corrected chi connectivity index (χ0v) is 21.6. The van der Waals surface area contributed by atoms with Gasteiger partial charge in [0.1, 0.15) is 11.5 Å². The second-order valence-corrected chi connectivity index (χ2v) is 9.92. The van der Waals surface area contributed by atoms with Gasteiger partial charge in [0.15, 0.2) is 0 Å². The summed E-state index contributed by atoms with van der Waals surface area (Å²) in [5.74, 6) is 0.705. The first-order chi connectivity index (χ1) is 17.5. The number of imidazole rings is 1. The second kappa shape index (κ2) is 10.7. The molecule has 36 heavy (non-hydrogen) atoms. The highest BCUT2D eigenvalue weighted by Gasteiger charge is 2.17. The number of rotatable bonds is 7. The van der Waals surface area contributed by atoms with Crippen LogP contribution in [0.4, 0.5) is 10.6 Å². The van der Waals surface area contributed by atoms with Gasteiger partial charge in [-0.25, -0.2) is 9.78 Å². The van der Waals surface area contributed by atoms with Gasteiger partial charge in [0, 0.05) is 24.3 Å². The molecule has 0 saturated carbocycles. The Morgan fingerprint density at radius 3 is 2.39 bits per heavy atom. The van der Waals surface area contributed by atoms with E-state index in [0.717, 1.165) is 40.1 Å². The molecule has 2 aromatic heterocycles. The van der Waals surface area contributed by atoms with Gasteiger partial charge in [-0.15, -0.1) is 0 Å². The number of aryl methyl sites for hydroxylation is 2. The van der Waals surface area contributed by atoms with Gasteiger partial charge in [0.05, 0.1) is 5.69 Å². The highest BCUT2D eigenvalue weighted by molar-refractivity contribution is 6.30. The number of amides is 2. The van der Waals surface area contributed by atoms with E-state index in [9.17, 15) is 4.79 Å². The van der Waals surface area contributed by atoms with Crippen LogP contribution in [0.25, 0.3) is 16.8 Å². The Bertz CT molecular complexity index is 1360. The van der Waals surface area contributed by atoms with E-state index < -0.39 is 0 Å². The number of anilines is 1. The molecule has 2 amide bonds. The molecule has 1 aliphatic rings. The lowest BCUT2D eigenvalue weighted by atomic mass is 10.0. The van der Waals surface area contributed by atoms with Crippen LogP contribution in [-0.4, -0.2) is 33.4 Å². The summed E-state index contributed by atoms with van der Waals surface area (Å²) in [6, 6.07) is 18.2. The third-order valence-electron chi connectivity index (χ3n) is 6.80. The van der Waals surface area contributed by atoms with Crippen molar-refractivity contribution in [3.05, 3.63) is 88.2 Å². The molecule has 2 aromatic carbocycles. The van der Waals surface area contributed by atoms with Crippen molar-refractivity contribution < 1.29 is 4.79 Å². The van der Waals surface area contributed by atoms with Crippen LogP contribution in [0.15, 0.2) is 60.8 Å². The topological polar surface area (TPSA) is 61.7 Å². The number of carbonyl (C=O) groups is 1. The molecule has 186 valence electrons. The smallest absolute Gasteiger partial charge is 0.320 e. The van der Waals surface area contributed by atoms with Gasteiger partial charge in [-0.3, -0.25) is 14.6 Å². The molecular formula is C29H32ClN5O. The number of nitrogens with zero attached hydrogens (tertiary/aromatic N) is 3. The van der Waals surface area contributed by atoms with Gasteiger partial charge in [0.2, 0.25) is 0 Å². The van der Waals surface area contributed by atoms with Gasteiger partial charge < -0.3 is 5.32 Å². The van der Waals surface area contributed by atoms with Crippen LogP contribution < -0.4 is 10.6 Å². The van der Waals surface area contributed by atoms with Crippen LogP contribution in [0, 0.1) is 6.92 Å². The quantitative estimate of drug-likeness (QED) is 0.306.